The number of rotatable bonds is 4. The van der Waals surface area contributed by atoms with E-state index in [1.165, 1.54) is 51.4 Å². The van der Waals surface area contributed by atoms with E-state index in [9.17, 15) is 0 Å². The first-order chi connectivity index (χ1) is 10.3. The maximum atomic E-state index is 3.71. The maximum Gasteiger partial charge on any atom is 0.0101 e. The van der Waals surface area contributed by atoms with E-state index in [0.29, 0.717) is 0 Å². The van der Waals surface area contributed by atoms with E-state index in [1.54, 1.807) is 11.1 Å². The first-order valence-corrected chi connectivity index (χ1v) is 9.10. The van der Waals surface area contributed by atoms with Crippen LogP contribution in [0.15, 0.2) is 24.3 Å². The largest absolute Gasteiger partial charge is 0.317 e. The second-order valence-corrected chi connectivity index (χ2v) is 7.76. The monoisotopic (exact) mass is 283 g/mol. The summed E-state index contributed by atoms with van der Waals surface area (Å²) in [5, 5.41) is 3.71. The molecule has 2 saturated carbocycles. The molecule has 0 amide bonds. The van der Waals surface area contributed by atoms with Gasteiger partial charge in [-0.1, -0.05) is 30.7 Å². The van der Waals surface area contributed by atoms with Crippen molar-refractivity contribution in [3.05, 3.63) is 35.4 Å². The Balaban J connectivity index is 1.50. The summed E-state index contributed by atoms with van der Waals surface area (Å²) in [4.78, 5) is 0. The van der Waals surface area contributed by atoms with Gasteiger partial charge >= 0.3 is 0 Å². The van der Waals surface area contributed by atoms with Crippen molar-refractivity contribution in [2.45, 2.75) is 63.3 Å². The summed E-state index contributed by atoms with van der Waals surface area (Å²) in [6.45, 7) is 0. The van der Waals surface area contributed by atoms with E-state index in [2.05, 4.69) is 36.6 Å². The summed E-state index contributed by atoms with van der Waals surface area (Å²) < 4.78 is 0. The molecule has 21 heavy (non-hydrogen) atoms. The quantitative estimate of drug-likeness (QED) is 0.856. The summed E-state index contributed by atoms with van der Waals surface area (Å²) in [5.74, 6) is 3.86. The van der Waals surface area contributed by atoms with Crippen LogP contribution in [0.25, 0.3) is 0 Å². The van der Waals surface area contributed by atoms with Gasteiger partial charge in [0.2, 0.25) is 0 Å². The van der Waals surface area contributed by atoms with E-state index < -0.39 is 0 Å². The van der Waals surface area contributed by atoms with E-state index >= 15 is 0 Å². The van der Waals surface area contributed by atoms with Gasteiger partial charge in [0.25, 0.3) is 0 Å². The lowest BCUT2D eigenvalue weighted by Gasteiger charge is -2.35. The van der Waals surface area contributed by atoms with Crippen molar-refractivity contribution in [2.24, 2.45) is 17.8 Å². The van der Waals surface area contributed by atoms with Gasteiger partial charge < -0.3 is 5.32 Å². The Bertz CT molecular complexity index is 494. The van der Waals surface area contributed by atoms with E-state index in [-0.39, 0.29) is 0 Å². The van der Waals surface area contributed by atoms with Gasteiger partial charge in [-0.2, -0.15) is 0 Å². The van der Waals surface area contributed by atoms with Crippen molar-refractivity contribution >= 4 is 0 Å². The highest BCUT2D eigenvalue weighted by molar-refractivity contribution is 5.32. The summed E-state index contributed by atoms with van der Waals surface area (Å²) in [7, 11) is 2.20. The fraction of sp³-hybridized carbons (Fsp3) is 0.700. The van der Waals surface area contributed by atoms with Gasteiger partial charge in [0.05, 0.1) is 0 Å². The average molecular weight is 283 g/mol. The second-order valence-electron chi connectivity index (χ2n) is 7.76. The molecule has 114 valence electrons. The van der Waals surface area contributed by atoms with Crippen LogP contribution >= 0.6 is 0 Å². The fourth-order valence-corrected chi connectivity index (χ4v) is 5.70. The minimum Gasteiger partial charge on any atom is -0.317 e. The summed E-state index contributed by atoms with van der Waals surface area (Å²) >= 11 is 0. The Morgan fingerprint density at radius 3 is 2.81 bits per heavy atom. The molecule has 5 atom stereocenters. The Kier molecular flexibility index (Phi) is 3.79. The number of hydrogen-bond acceptors (Lipinski definition) is 1. The van der Waals surface area contributed by atoms with Crippen molar-refractivity contribution in [1.82, 2.24) is 5.32 Å². The minimum atomic E-state index is 0.747. The normalized spacial score (nSPS) is 35.7. The van der Waals surface area contributed by atoms with Crippen LogP contribution in [-0.2, 0) is 6.42 Å². The SMILES string of the molecule is CNC(CC1CCCc2ccccc21)C1CC2CCC1C2. The molecule has 4 rings (SSSR count). The summed E-state index contributed by atoms with van der Waals surface area (Å²) in [6.07, 6.45) is 11.5. The molecule has 0 aliphatic heterocycles. The fourth-order valence-electron chi connectivity index (χ4n) is 5.70. The van der Waals surface area contributed by atoms with Crippen molar-refractivity contribution in [1.29, 1.82) is 0 Å². The first-order valence-electron chi connectivity index (χ1n) is 9.10. The maximum absolute atomic E-state index is 3.71. The molecular weight excluding hydrogens is 254 g/mol. The lowest BCUT2D eigenvalue weighted by molar-refractivity contribution is 0.234. The first kappa shape index (κ1) is 13.8. The van der Waals surface area contributed by atoms with Crippen LogP contribution in [-0.4, -0.2) is 13.1 Å². The highest BCUT2D eigenvalue weighted by Gasteiger charge is 2.43. The van der Waals surface area contributed by atoms with Gasteiger partial charge in [0.1, 0.15) is 0 Å². The van der Waals surface area contributed by atoms with Crippen molar-refractivity contribution < 1.29 is 0 Å². The minimum absolute atomic E-state index is 0.747. The van der Waals surface area contributed by atoms with Crippen molar-refractivity contribution in [3.63, 3.8) is 0 Å². The Morgan fingerprint density at radius 2 is 2.05 bits per heavy atom. The van der Waals surface area contributed by atoms with Gasteiger partial charge in [-0.3, -0.25) is 0 Å². The Hall–Kier alpha value is -0.820. The van der Waals surface area contributed by atoms with E-state index in [4.69, 9.17) is 0 Å². The Morgan fingerprint density at radius 1 is 1.14 bits per heavy atom. The zero-order chi connectivity index (χ0) is 14.2. The van der Waals surface area contributed by atoms with Crippen LogP contribution < -0.4 is 5.32 Å². The zero-order valence-electron chi connectivity index (χ0n) is 13.4. The standard InChI is InChI=1S/C20H29N/c1-21-20(19-12-14-9-10-17(19)11-14)13-16-7-4-6-15-5-2-3-8-18(15)16/h2-3,5,8,14,16-17,19-21H,4,6-7,9-13H2,1H3. The van der Waals surface area contributed by atoms with Gasteiger partial charge in [0, 0.05) is 6.04 Å². The van der Waals surface area contributed by atoms with Gasteiger partial charge in [-0.05, 0) is 86.8 Å². The smallest absolute Gasteiger partial charge is 0.0101 e. The molecule has 0 aromatic heterocycles. The summed E-state index contributed by atoms with van der Waals surface area (Å²) in [6, 6.07) is 9.95. The Labute approximate surface area is 129 Å². The third-order valence-corrected chi connectivity index (χ3v) is 6.71. The van der Waals surface area contributed by atoms with Crippen LogP contribution in [0, 0.1) is 17.8 Å². The highest BCUT2D eigenvalue weighted by atomic mass is 14.9. The molecule has 2 fully saturated rings. The molecular formula is C20H29N. The van der Waals surface area contributed by atoms with Crippen LogP contribution in [0.3, 0.4) is 0 Å². The van der Waals surface area contributed by atoms with Crippen LogP contribution in [0.2, 0.25) is 0 Å². The molecule has 0 saturated heterocycles. The topological polar surface area (TPSA) is 12.0 Å². The molecule has 1 nitrogen and oxygen atoms in total. The molecule has 1 aromatic carbocycles. The third-order valence-electron chi connectivity index (χ3n) is 6.71. The number of aryl methyl sites for hydroxylation is 1. The molecule has 3 aliphatic rings. The predicted octanol–water partition coefficient (Wildman–Crippen LogP) is 4.52. The van der Waals surface area contributed by atoms with Crippen molar-refractivity contribution in [3.8, 4) is 0 Å². The molecule has 2 bridgehead atoms. The zero-order valence-corrected chi connectivity index (χ0v) is 13.4. The number of nitrogens with one attached hydrogen (secondary N) is 1. The number of hydrogen-bond donors (Lipinski definition) is 1. The van der Waals surface area contributed by atoms with Crippen molar-refractivity contribution in [2.75, 3.05) is 7.05 Å². The molecule has 1 N–H and O–H groups in total. The molecule has 1 heteroatoms. The van der Waals surface area contributed by atoms with E-state index in [1.807, 2.05) is 0 Å². The van der Waals surface area contributed by atoms with Crippen LogP contribution in [0.5, 0.6) is 0 Å². The average Bonchev–Trinajstić information content (AvgIpc) is 3.15. The molecule has 1 aromatic rings. The van der Waals surface area contributed by atoms with Crippen LogP contribution in [0.1, 0.15) is 62.0 Å². The molecule has 0 heterocycles. The molecule has 5 unspecified atom stereocenters. The molecule has 0 radical (unpaired) electrons. The van der Waals surface area contributed by atoms with Gasteiger partial charge in [-0.25, -0.2) is 0 Å². The third kappa shape index (κ3) is 2.54. The molecule has 0 spiro atoms. The lowest BCUT2D eigenvalue weighted by atomic mass is 9.74. The lowest BCUT2D eigenvalue weighted by Crippen LogP contribution is -2.38. The molecule has 3 aliphatic carbocycles. The van der Waals surface area contributed by atoms with Gasteiger partial charge in [-0.15, -0.1) is 0 Å². The van der Waals surface area contributed by atoms with Gasteiger partial charge in [0.15, 0.2) is 0 Å². The van der Waals surface area contributed by atoms with Crippen LogP contribution in [0.4, 0.5) is 0 Å². The number of benzene rings is 1. The second kappa shape index (κ2) is 5.76. The summed E-state index contributed by atoms with van der Waals surface area (Å²) in [5.41, 5.74) is 3.28. The highest BCUT2D eigenvalue weighted by Crippen LogP contribution is 2.51. The van der Waals surface area contributed by atoms with E-state index in [0.717, 1.165) is 29.7 Å². The predicted molar refractivity (Wildman–Crippen MR) is 88.5 cm³/mol. The number of fused-ring (bicyclic) bond motifs is 3.